The summed E-state index contributed by atoms with van der Waals surface area (Å²) in [5.41, 5.74) is 1.12. The van der Waals surface area contributed by atoms with Gasteiger partial charge in [0.15, 0.2) is 11.5 Å². The molecular weight excluding hydrogens is 342 g/mol. The number of nitrogens with one attached hydrogen (secondary N) is 1. The molecule has 0 fully saturated rings. The molecule has 0 atom stereocenters. The van der Waals surface area contributed by atoms with Gasteiger partial charge in [0.2, 0.25) is 5.91 Å². The van der Waals surface area contributed by atoms with E-state index in [1.807, 2.05) is 41.7 Å². The number of hydrogen-bond acceptors (Lipinski definition) is 5. The zero-order valence-corrected chi connectivity index (χ0v) is 16.7. The van der Waals surface area contributed by atoms with Crippen LogP contribution in [0.1, 0.15) is 32.3 Å². The summed E-state index contributed by atoms with van der Waals surface area (Å²) < 4.78 is 11.1. The molecule has 1 N–H and O–H groups in total. The Bertz CT molecular complexity index is 491. The largest absolute Gasteiger partial charge is 0.493 e. The van der Waals surface area contributed by atoms with Gasteiger partial charge in [0.25, 0.3) is 0 Å². The maximum Gasteiger partial charge on any atom is 0.220 e. The molecule has 136 valence electrons. The van der Waals surface area contributed by atoms with Crippen molar-refractivity contribution in [2.75, 3.05) is 32.3 Å². The van der Waals surface area contributed by atoms with Crippen molar-refractivity contribution in [3.63, 3.8) is 0 Å². The Balaban J connectivity index is 2.34. The predicted octanol–water partition coefficient (Wildman–Crippen LogP) is 3.98. The lowest BCUT2D eigenvalue weighted by Crippen LogP contribution is -2.26. The Hall–Kier alpha value is -1.01. The van der Waals surface area contributed by atoms with E-state index in [-0.39, 0.29) is 5.91 Å². The van der Waals surface area contributed by atoms with Crippen LogP contribution < -0.4 is 14.8 Å². The summed E-state index contributed by atoms with van der Waals surface area (Å²) in [7, 11) is 3.25. The Morgan fingerprint density at radius 1 is 1.12 bits per heavy atom. The molecule has 1 aromatic rings. The molecule has 0 bridgehead atoms. The van der Waals surface area contributed by atoms with Crippen LogP contribution >= 0.6 is 23.5 Å². The van der Waals surface area contributed by atoms with Gasteiger partial charge in [-0.1, -0.05) is 19.9 Å². The molecule has 0 saturated heterocycles. The summed E-state index contributed by atoms with van der Waals surface area (Å²) in [6.45, 7) is 4.97. The molecule has 0 unspecified atom stereocenters. The van der Waals surface area contributed by atoms with Gasteiger partial charge in [0, 0.05) is 13.0 Å². The molecule has 0 heterocycles. The number of rotatable bonds is 12. The van der Waals surface area contributed by atoms with Crippen molar-refractivity contribution >= 4 is 29.4 Å². The molecule has 4 nitrogen and oxygen atoms in total. The van der Waals surface area contributed by atoms with Crippen LogP contribution in [0.2, 0.25) is 0 Å². The quantitative estimate of drug-likeness (QED) is 0.563. The van der Waals surface area contributed by atoms with Gasteiger partial charge in [0.05, 0.1) is 18.8 Å². The van der Waals surface area contributed by atoms with Crippen molar-refractivity contribution < 1.29 is 14.3 Å². The lowest BCUT2D eigenvalue weighted by atomic mass is 10.1. The highest BCUT2D eigenvalue weighted by Gasteiger charge is 2.11. The van der Waals surface area contributed by atoms with Gasteiger partial charge in [-0.2, -0.15) is 0 Å². The number of ether oxygens (including phenoxy) is 2. The molecule has 24 heavy (non-hydrogen) atoms. The van der Waals surface area contributed by atoms with Crippen LogP contribution in [0.25, 0.3) is 0 Å². The van der Waals surface area contributed by atoms with E-state index in [9.17, 15) is 4.79 Å². The zero-order chi connectivity index (χ0) is 17.8. The van der Waals surface area contributed by atoms with E-state index in [0.717, 1.165) is 41.4 Å². The van der Waals surface area contributed by atoms with E-state index >= 15 is 0 Å². The minimum absolute atomic E-state index is 0.133. The molecule has 0 aromatic heterocycles. The van der Waals surface area contributed by atoms with Crippen molar-refractivity contribution in [2.45, 2.75) is 37.7 Å². The second kappa shape index (κ2) is 12.4. The van der Waals surface area contributed by atoms with Crippen LogP contribution in [0.3, 0.4) is 0 Å². The summed E-state index contributed by atoms with van der Waals surface area (Å²) in [6, 6.07) is 5.85. The first-order chi connectivity index (χ1) is 11.6. The average molecular weight is 372 g/mol. The van der Waals surface area contributed by atoms with Gasteiger partial charge < -0.3 is 14.8 Å². The van der Waals surface area contributed by atoms with Crippen LogP contribution in [0.15, 0.2) is 18.2 Å². The number of carbonyl (C=O) groups excluding carboxylic acids is 1. The van der Waals surface area contributed by atoms with Crippen molar-refractivity contribution in [1.29, 1.82) is 0 Å². The molecular formula is C18H29NO3S2. The first-order valence-corrected chi connectivity index (χ1v) is 10.4. The van der Waals surface area contributed by atoms with E-state index in [1.54, 1.807) is 14.2 Å². The van der Waals surface area contributed by atoms with Crippen molar-refractivity contribution in [3.05, 3.63) is 23.8 Å². The average Bonchev–Trinajstić information content (AvgIpc) is 2.60. The number of amides is 1. The molecule has 1 aromatic carbocycles. The van der Waals surface area contributed by atoms with Crippen molar-refractivity contribution in [1.82, 2.24) is 5.32 Å². The van der Waals surface area contributed by atoms with Crippen LogP contribution in [0, 0.1) is 0 Å². The fourth-order valence-corrected chi connectivity index (χ4v) is 4.82. The number of methoxy groups -OCH3 is 2. The smallest absolute Gasteiger partial charge is 0.220 e. The number of carbonyl (C=O) groups is 1. The Labute approximate surface area is 154 Å². The second-order valence-corrected chi connectivity index (χ2v) is 8.43. The van der Waals surface area contributed by atoms with Crippen LogP contribution in [0.5, 0.6) is 11.5 Å². The second-order valence-electron chi connectivity index (χ2n) is 5.17. The predicted molar refractivity (Wildman–Crippen MR) is 106 cm³/mol. The van der Waals surface area contributed by atoms with Crippen LogP contribution in [-0.4, -0.2) is 42.8 Å². The van der Waals surface area contributed by atoms with E-state index in [4.69, 9.17) is 9.47 Å². The molecule has 0 spiro atoms. The fraction of sp³-hybridized carbons (Fsp3) is 0.611. The van der Waals surface area contributed by atoms with Crippen LogP contribution in [-0.2, 0) is 11.2 Å². The van der Waals surface area contributed by atoms with Gasteiger partial charge in [-0.25, -0.2) is 0 Å². The van der Waals surface area contributed by atoms with Crippen molar-refractivity contribution in [2.24, 2.45) is 0 Å². The normalized spacial score (nSPS) is 10.7. The molecule has 1 amide bonds. The summed E-state index contributed by atoms with van der Waals surface area (Å²) in [5.74, 6) is 3.77. The molecule has 1 rings (SSSR count). The number of hydrogen-bond donors (Lipinski definition) is 1. The van der Waals surface area contributed by atoms with E-state index in [1.165, 1.54) is 0 Å². The molecule has 0 saturated carbocycles. The minimum atomic E-state index is 0.133. The molecule has 0 radical (unpaired) electrons. The third-order valence-corrected chi connectivity index (χ3v) is 6.19. The Morgan fingerprint density at radius 2 is 1.79 bits per heavy atom. The summed E-state index contributed by atoms with van der Waals surface area (Å²) in [5, 5.41) is 3.01. The number of benzene rings is 1. The summed E-state index contributed by atoms with van der Waals surface area (Å²) in [4.78, 5) is 12.0. The van der Waals surface area contributed by atoms with Gasteiger partial charge in [0.1, 0.15) is 0 Å². The third-order valence-electron chi connectivity index (χ3n) is 3.50. The Morgan fingerprint density at radius 3 is 2.38 bits per heavy atom. The van der Waals surface area contributed by atoms with E-state index < -0.39 is 0 Å². The molecule has 0 aliphatic carbocycles. The highest BCUT2D eigenvalue weighted by molar-refractivity contribution is 8.16. The third kappa shape index (κ3) is 7.71. The maximum atomic E-state index is 12.0. The molecule has 0 aliphatic rings. The first kappa shape index (κ1) is 21.0. The SMILES string of the molecule is CCSC(CCC(=O)NCCc1ccc(OC)c(OC)c1)SCC. The lowest BCUT2D eigenvalue weighted by molar-refractivity contribution is -0.121. The standard InChI is InChI=1S/C18H29NO3S2/c1-5-23-18(24-6-2)10-9-17(20)19-12-11-14-7-8-15(21-3)16(13-14)22-4/h7-8,13,18H,5-6,9-12H2,1-4H3,(H,19,20). The number of thioether (sulfide) groups is 2. The highest BCUT2D eigenvalue weighted by atomic mass is 32.2. The van der Waals surface area contributed by atoms with Gasteiger partial charge in [-0.3, -0.25) is 4.79 Å². The van der Waals surface area contributed by atoms with Gasteiger partial charge in [-0.15, -0.1) is 23.5 Å². The summed E-state index contributed by atoms with van der Waals surface area (Å²) >= 11 is 3.86. The zero-order valence-electron chi connectivity index (χ0n) is 15.1. The maximum absolute atomic E-state index is 12.0. The minimum Gasteiger partial charge on any atom is -0.493 e. The van der Waals surface area contributed by atoms with Gasteiger partial charge >= 0.3 is 0 Å². The summed E-state index contributed by atoms with van der Waals surface area (Å²) in [6.07, 6.45) is 2.30. The van der Waals surface area contributed by atoms with E-state index in [2.05, 4.69) is 19.2 Å². The van der Waals surface area contributed by atoms with Crippen molar-refractivity contribution in [3.8, 4) is 11.5 Å². The lowest BCUT2D eigenvalue weighted by Gasteiger charge is -2.14. The van der Waals surface area contributed by atoms with Crippen LogP contribution in [0.4, 0.5) is 0 Å². The monoisotopic (exact) mass is 371 g/mol. The van der Waals surface area contributed by atoms with E-state index in [0.29, 0.717) is 17.5 Å². The van der Waals surface area contributed by atoms with Gasteiger partial charge in [-0.05, 0) is 42.0 Å². The highest BCUT2D eigenvalue weighted by Crippen LogP contribution is 2.28. The molecule has 0 aliphatic heterocycles. The Kier molecular flexibility index (Phi) is 10.8. The first-order valence-electron chi connectivity index (χ1n) is 8.35. The fourth-order valence-electron chi connectivity index (χ4n) is 2.31. The topological polar surface area (TPSA) is 47.6 Å². The molecule has 6 heteroatoms.